The Morgan fingerprint density at radius 2 is 1.53 bits per heavy atom. The molecule has 0 N–H and O–H groups in total. The second-order valence-electron chi connectivity index (χ2n) is 14.2. The van der Waals surface area contributed by atoms with Crippen LogP contribution in [0.25, 0.3) is 22.5 Å². The molecule has 0 spiro atoms. The zero-order chi connectivity index (χ0) is 32.2. The number of ether oxygens (including phenoxy) is 1. The molecule has 1 aliphatic carbocycles. The minimum atomic E-state index is -2.08. The summed E-state index contributed by atoms with van der Waals surface area (Å²) >= 11 is 0. The van der Waals surface area contributed by atoms with Gasteiger partial charge in [-0.25, -0.2) is 0 Å². The highest BCUT2D eigenvalue weighted by atomic mass is 28.4. The smallest absolute Gasteiger partial charge is 0.306 e. The zero-order valence-electron chi connectivity index (χ0n) is 28.1. The van der Waals surface area contributed by atoms with E-state index in [4.69, 9.17) is 13.7 Å². The first-order chi connectivity index (χ1) is 21.4. The summed E-state index contributed by atoms with van der Waals surface area (Å²) in [5.74, 6) is 0.692. The molecule has 1 atom stereocenters. The van der Waals surface area contributed by atoms with Crippen LogP contribution in [0.3, 0.4) is 0 Å². The molecule has 0 radical (unpaired) electrons. The average Bonchev–Trinajstić information content (AvgIpc) is 3.69. The van der Waals surface area contributed by atoms with Gasteiger partial charge in [0.1, 0.15) is 0 Å². The van der Waals surface area contributed by atoms with Gasteiger partial charge in [-0.1, -0.05) is 105 Å². The summed E-state index contributed by atoms with van der Waals surface area (Å²) in [5, 5.41) is 4.54. The van der Waals surface area contributed by atoms with Crippen LogP contribution < -0.4 is 0 Å². The van der Waals surface area contributed by atoms with Crippen molar-refractivity contribution in [2.45, 2.75) is 103 Å². The van der Waals surface area contributed by atoms with Crippen LogP contribution in [0.5, 0.6) is 0 Å². The molecule has 238 valence electrons. The molecular formula is C39H49NO4Si. The van der Waals surface area contributed by atoms with Crippen LogP contribution in [0.2, 0.25) is 18.1 Å². The number of aryl methyl sites for hydroxylation is 2. The molecule has 0 aliphatic heterocycles. The number of carbonyl (C=O) groups is 1. The van der Waals surface area contributed by atoms with E-state index < -0.39 is 8.32 Å². The van der Waals surface area contributed by atoms with E-state index in [1.54, 1.807) is 0 Å². The normalized spacial score (nSPS) is 15.1. The fraction of sp³-hybridized carbons (Fsp3) is 0.436. The summed E-state index contributed by atoms with van der Waals surface area (Å²) in [6, 6.07) is 27.9. The van der Waals surface area contributed by atoms with Gasteiger partial charge in [0.05, 0.1) is 30.4 Å². The van der Waals surface area contributed by atoms with Crippen LogP contribution in [0.1, 0.15) is 88.3 Å². The van der Waals surface area contributed by atoms with Gasteiger partial charge in [0.15, 0.2) is 14.1 Å². The first-order valence-corrected chi connectivity index (χ1v) is 19.4. The van der Waals surface area contributed by atoms with Gasteiger partial charge in [0.2, 0.25) is 0 Å². The minimum Gasteiger partial charge on any atom is -0.466 e. The van der Waals surface area contributed by atoms with Crippen molar-refractivity contribution < 1.29 is 18.5 Å². The van der Waals surface area contributed by atoms with Crippen LogP contribution in [-0.2, 0) is 25.8 Å². The Morgan fingerprint density at radius 3 is 2.11 bits per heavy atom. The van der Waals surface area contributed by atoms with Gasteiger partial charge in [-0.05, 0) is 86.3 Å². The Balaban J connectivity index is 1.36. The summed E-state index contributed by atoms with van der Waals surface area (Å²) in [5.41, 5.74) is 7.76. The fourth-order valence-corrected chi connectivity index (χ4v) is 7.23. The number of esters is 1. The van der Waals surface area contributed by atoms with Crippen molar-refractivity contribution in [2.24, 2.45) is 0 Å². The lowest BCUT2D eigenvalue weighted by Gasteiger charge is -2.39. The third-order valence-electron chi connectivity index (χ3n) is 9.87. The molecule has 0 amide bonds. The van der Waals surface area contributed by atoms with Gasteiger partial charge in [0.25, 0.3) is 0 Å². The van der Waals surface area contributed by atoms with Crippen LogP contribution in [-0.4, -0.2) is 26.1 Å². The summed E-state index contributed by atoms with van der Waals surface area (Å²) in [4.78, 5) is 12.2. The van der Waals surface area contributed by atoms with Gasteiger partial charge in [-0.15, -0.1) is 0 Å². The number of rotatable bonds is 13. The summed E-state index contributed by atoms with van der Waals surface area (Å²) in [7, 11) is -2.08. The molecule has 1 unspecified atom stereocenters. The van der Waals surface area contributed by atoms with Crippen molar-refractivity contribution in [3.8, 4) is 22.5 Å². The van der Waals surface area contributed by atoms with E-state index in [2.05, 4.69) is 118 Å². The lowest BCUT2D eigenvalue weighted by atomic mass is 9.90. The monoisotopic (exact) mass is 623 g/mol. The molecule has 5 rings (SSSR count). The number of nitrogens with zero attached hydrogens (tertiary/aromatic N) is 1. The van der Waals surface area contributed by atoms with E-state index in [0.717, 1.165) is 65.8 Å². The van der Waals surface area contributed by atoms with E-state index in [-0.39, 0.29) is 22.5 Å². The SMILES string of the molecule is CCOC(=O)CC1(c2ccc(-c3ccc(-c4onc(C)c4C(CCCc4ccccc4)O[Si](C)(C)C(C)(C)C)cc3)cc2)CC1. The second-order valence-corrected chi connectivity index (χ2v) is 18.9. The molecule has 3 aromatic carbocycles. The number of carbonyl (C=O) groups excluding carboxylic acids is 1. The Hall–Kier alpha value is -3.48. The first-order valence-electron chi connectivity index (χ1n) is 16.5. The molecule has 1 aromatic heterocycles. The third kappa shape index (κ3) is 7.67. The van der Waals surface area contributed by atoms with E-state index >= 15 is 0 Å². The maximum atomic E-state index is 12.2. The Kier molecular flexibility index (Phi) is 9.85. The lowest BCUT2D eigenvalue weighted by molar-refractivity contribution is -0.143. The molecule has 4 aromatic rings. The highest BCUT2D eigenvalue weighted by Gasteiger charge is 2.46. The van der Waals surface area contributed by atoms with Gasteiger partial charge < -0.3 is 13.7 Å². The van der Waals surface area contributed by atoms with Crippen LogP contribution in [0.4, 0.5) is 0 Å². The Bertz CT molecular complexity index is 1560. The topological polar surface area (TPSA) is 61.6 Å². The molecule has 0 saturated heterocycles. The first kappa shape index (κ1) is 32.9. The second kappa shape index (κ2) is 13.5. The fourth-order valence-electron chi connectivity index (χ4n) is 5.93. The van der Waals surface area contributed by atoms with E-state index in [1.165, 1.54) is 11.1 Å². The van der Waals surface area contributed by atoms with Crippen molar-refractivity contribution in [2.75, 3.05) is 6.61 Å². The van der Waals surface area contributed by atoms with Crippen LogP contribution in [0.15, 0.2) is 83.4 Å². The predicted octanol–water partition coefficient (Wildman–Crippen LogP) is 10.4. The molecule has 5 nitrogen and oxygen atoms in total. The van der Waals surface area contributed by atoms with Gasteiger partial charge in [-0.3, -0.25) is 4.79 Å². The third-order valence-corrected chi connectivity index (χ3v) is 14.4. The molecule has 1 aliphatic rings. The molecular weight excluding hydrogens is 575 g/mol. The van der Waals surface area contributed by atoms with Gasteiger partial charge in [0, 0.05) is 11.0 Å². The number of benzene rings is 3. The standard InChI is InChI=1S/C39H49NO4Si/c1-8-42-35(41)27-39(25-26-39)33-23-21-31(22-24-33)30-17-19-32(20-18-30)37-36(28(2)40-43-37)34(44-45(6,7)38(3,4)5)16-12-15-29-13-10-9-11-14-29/h9-11,13-14,17-24,34H,8,12,15-16,25-27H2,1-7H3. The van der Waals surface area contributed by atoms with Crippen molar-refractivity contribution >= 4 is 14.3 Å². The van der Waals surface area contributed by atoms with Crippen molar-refractivity contribution in [1.82, 2.24) is 5.16 Å². The van der Waals surface area contributed by atoms with Gasteiger partial charge in [-0.2, -0.15) is 0 Å². The zero-order valence-corrected chi connectivity index (χ0v) is 29.1. The molecule has 1 saturated carbocycles. The van der Waals surface area contributed by atoms with Crippen molar-refractivity contribution in [3.05, 3.63) is 101 Å². The summed E-state index contributed by atoms with van der Waals surface area (Å²) < 4.78 is 18.4. The van der Waals surface area contributed by atoms with Crippen molar-refractivity contribution in [1.29, 1.82) is 0 Å². The highest BCUT2D eigenvalue weighted by molar-refractivity contribution is 6.74. The quantitative estimate of drug-likeness (QED) is 0.110. The Labute approximate surface area is 270 Å². The Morgan fingerprint density at radius 1 is 0.933 bits per heavy atom. The predicted molar refractivity (Wildman–Crippen MR) is 185 cm³/mol. The largest absolute Gasteiger partial charge is 0.466 e. The molecule has 45 heavy (non-hydrogen) atoms. The average molecular weight is 624 g/mol. The molecule has 0 bridgehead atoms. The minimum absolute atomic E-state index is 0.0562. The van der Waals surface area contributed by atoms with Crippen LogP contribution >= 0.6 is 0 Å². The van der Waals surface area contributed by atoms with Crippen molar-refractivity contribution in [3.63, 3.8) is 0 Å². The number of hydrogen-bond acceptors (Lipinski definition) is 5. The summed E-state index contributed by atoms with van der Waals surface area (Å²) in [6.07, 6.45) is 5.36. The van der Waals surface area contributed by atoms with E-state index in [0.29, 0.717) is 13.0 Å². The molecule has 6 heteroatoms. The van der Waals surface area contributed by atoms with E-state index in [1.807, 2.05) is 13.8 Å². The molecule has 1 fully saturated rings. The molecule has 1 heterocycles. The maximum absolute atomic E-state index is 12.2. The maximum Gasteiger partial charge on any atom is 0.306 e. The summed E-state index contributed by atoms with van der Waals surface area (Å²) in [6.45, 7) is 15.8. The lowest BCUT2D eigenvalue weighted by Crippen LogP contribution is -2.42. The number of aromatic nitrogens is 1. The van der Waals surface area contributed by atoms with Crippen LogP contribution in [0, 0.1) is 6.92 Å². The number of hydrogen-bond donors (Lipinski definition) is 0. The van der Waals surface area contributed by atoms with Gasteiger partial charge >= 0.3 is 5.97 Å². The highest BCUT2D eigenvalue weighted by Crippen LogP contribution is 2.51. The van der Waals surface area contributed by atoms with E-state index in [9.17, 15) is 4.79 Å².